The van der Waals surface area contributed by atoms with Gasteiger partial charge in [0.1, 0.15) is 0 Å². The zero-order valence-electron chi connectivity index (χ0n) is 13.4. The van der Waals surface area contributed by atoms with Crippen LogP contribution >= 0.6 is 0 Å². The molecule has 19 heavy (non-hydrogen) atoms. The largest absolute Gasteiger partial charge is 0.410 e. The van der Waals surface area contributed by atoms with E-state index in [1.54, 1.807) is 0 Å². The number of hydrogen-bond acceptors (Lipinski definition) is 2. The highest BCUT2D eigenvalue weighted by atomic mass is 28.4. The van der Waals surface area contributed by atoms with Crippen molar-refractivity contribution in [1.82, 2.24) is 0 Å². The summed E-state index contributed by atoms with van der Waals surface area (Å²) in [6.45, 7) is 13.7. The van der Waals surface area contributed by atoms with Crippen molar-refractivity contribution in [2.75, 3.05) is 0 Å². The smallest absolute Gasteiger partial charge is 0.192 e. The lowest BCUT2D eigenvalue weighted by Gasteiger charge is -2.46. The van der Waals surface area contributed by atoms with Gasteiger partial charge in [0.25, 0.3) is 0 Å². The van der Waals surface area contributed by atoms with Gasteiger partial charge >= 0.3 is 0 Å². The molecule has 0 aromatic heterocycles. The van der Waals surface area contributed by atoms with E-state index in [4.69, 9.17) is 4.43 Å². The minimum absolute atomic E-state index is 0.0295. The van der Waals surface area contributed by atoms with Crippen molar-refractivity contribution in [3.63, 3.8) is 0 Å². The highest BCUT2D eigenvalue weighted by molar-refractivity contribution is 6.74. The second kappa shape index (κ2) is 4.71. The van der Waals surface area contributed by atoms with E-state index in [1.807, 2.05) is 6.08 Å². The molecule has 3 heteroatoms. The normalized spacial score (nSPS) is 39.4. The van der Waals surface area contributed by atoms with Gasteiger partial charge in [-0.1, -0.05) is 46.3 Å². The Morgan fingerprint density at radius 2 is 1.89 bits per heavy atom. The van der Waals surface area contributed by atoms with E-state index in [0.717, 1.165) is 6.42 Å². The molecule has 0 amide bonds. The van der Waals surface area contributed by atoms with Gasteiger partial charge < -0.3 is 9.53 Å². The summed E-state index contributed by atoms with van der Waals surface area (Å²) < 4.78 is 6.61. The van der Waals surface area contributed by atoms with Crippen LogP contribution in [0.2, 0.25) is 18.1 Å². The topological polar surface area (TPSA) is 29.5 Å². The third-order valence-corrected chi connectivity index (χ3v) is 10.3. The maximum Gasteiger partial charge on any atom is 0.192 e. The molecule has 1 fully saturated rings. The van der Waals surface area contributed by atoms with Crippen molar-refractivity contribution in [2.45, 2.75) is 77.3 Å². The van der Waals surface area contributed by atoms with Crippen molar-refractivity contribution in [1.29, 1.82) is 0 Å². The number of rotatable bonds is 2. The van der Waals surface area contributed by atoms with Gasteiger partial charge in [0.15, 0.2) is 8.32 Å². The van der Waals surface area contributed by atoms with Gasteiger partial charge in [-0.25, -0.2) is 0 Å². The Morgan fingerprint density at radius 3 is 2.47 bits per heavy atom. The third kappa shape index (κ3) is 2.57. The van der Waals surface area contributed by atoms with E-state index in [0.29, 0.717) is 5.92 Å². The summed E-state index contributed by atoms with van der Waals surface area (Å²) in [6, 6.07) is 0. The van der Waals surface area contributed by atoms with Gasteiger partial charge in [-0.3, -0.25) is 0 Å². The van der Waals surface area contributed by atoms with E-state index < -0.39 is 8.32 Å². The Bertz CT molecular complexity index is 369. The lowest BCUT2D eigenvalue weighted by Crippen LogP contribution is -2.50. The first-order valence-electron chi connectivity index (χ1n) is 7.62. The third-order valence-electron chi connectivity index (χ3n) is 5.87. The zero-order chi connectivity index (χ0) is 14.5. The molecule has 0 aromatic carbocycles. The molecule has 0 heterocycles. The van der Waals surface area contributed by atoms with Crippen LogP contribution in [0.4, 0.5) is 0 Å². The SMILES string of the molecule is CC(C)(C)[Si](C)(C)O[C@H]1C=C[C@H](O)[C@]2(C)CCC[C@@H]12. The molecule has 4 atom stereocenters. The van der Waals surface area contributed by atoms with Crippen LogP contribution in [0.1, 0.15) is 47.0 Å². The molecule has 2 rings (SSSR count). The number of fused-ring (bicyclic) bond motifs is 1. The molecule has 0 spiro atoms. The van der Waals surface area contributed by atoms with Crippen molar-refractivity contribution in [2.24, 2.45) is 11.3 Å². The average molecular weight is 282 g/mol. The molecule has 2 aliphatic rings. The second-order valence-electron chi connectivity index (χ2n) is 8.18. The predicted octanol–water partition coefficient (Wildman–Crippen LogP) is 4.11. The van der Waals surface area contributed by atoms with Crippen molar-refractivity contribution < 1.29 is 9.53 Å². The minimum Gasteiger partial charge on any atom is -0.410 e. The molecule has 0 saturated heterocycles. The van der Waals surface area contributed by atoms with Crippen LogP contribution in [0.3, 0.4) is 0 Å². The first-order chi connectivity index (χ1) is 8.58. The summed E-state index contributed by atoms with van der Waals surface area (Å²) in [4.78, 5) is 0. The Hall–Kier alpha value is -0.123. The summed E-state index contributed by atoms with van der Waals surface area (Å²) in [5.74, 6) is 0.488. The van der Waals surface area contributed by atoms with E-state index >= 15 is 0 Å². The molecular formula is C16H30O2Si. The highest BCUT2D eigenvalue weighted by Crippen LogP contribution is 2.52. The molecule has 1 saturated carbocycles. The molecule has 0 bridgehead atoms. The van der Waals surface area contributed by atoms with E-state index in [9.17, 15) is 5.11 Å². The fourth-order valence-corrected chi connectivity index (χ4v) is 4.61. The Kier molecular flexibility index (Phi) is 3.79. The first-order valence-corrected chi connectivity index (χ1v) is 10.5. The maximum atomic E-state index is 10.3. The van der Waals surface area contributed by atoms with Crippen LogP contribution in [0.25, 0.3) is 0 Å². The molecule has 2 aliphatic carbocycles. The molecule has 2 nitrogen and oxygen atoms in total. The fourth-order valence-electron chi connectivity index (χ4n) is 3.33. The Balaban J connectivity index is 2.20. The van der Waals surface area contributed by atoms with Gasteiger partial charge in [0, 0.05) is 5.41 Å². The highest BCUT2D eigenvalue weighted by Gasteiger charge is 2.51. The van der Waals surface area contributed by atoms with E-state index in [1.165, 1.54) is 12.8 Å². The summed E-state index contributed by atoms with van der Waals surface area (Å²) in [6.07, 6.45) is 7.55. The minimum atomic E-state index is -1.74. The lowest BCUT2D eigenvalue weighted by atomic mass is 9.69. The van der Waals surface area contributed by atoms with Crippen LogP contribution in [0, 0.1) is 11.3 Å². The molecule has 110 valence electrons. The van der Waals surface area contributed by atoms with Crippen LogP contribution in [0.15, 0.2) is 12.2 Å². The number of aliphatic hydroxyl groups excluding tert-OH is 1. The van der Waals surface area contributed by atoms with Gasteiger partial charge in [0.05, 0.1) is 12.2 Å². The monoisotopic (exact) mass is 282 g/mol. The summed E-state index contributed by atoms with van der Waals surface area (Å²) in [5.41, 5.74) is 0.0295. The van der Waals surface area contributed by atoms with E-state index in [2.05, 4.69) is 46.9 Å². The Labute approximate surface area is 119 Å². The van der Waals surface area contributed by atoms with Crippen molar-refractivity contribution in [3.05, 3.63) is 12.2 Å². The van der Waals surface area contributed by atoms with E-state index in [-0.39, 0.29) is 22.7 Å². The molecular weight excluding hydrogens is 252 g/mol. The summed E-state index contributed by atoms with van der Waals surface area (Å²) in [7, 11) is -1.74. The van der Waals surface area contributed by atoms with Crippen LogP contribution in [-0.2, 0) is 4.43 Å². The fraction of sp³-hybridized carbons (Fsp3) is 0.875. The van der Waals surface area contributed by atoms with Crippen molar-refractivity contribution >= 4 is 8.32 Å². The quantitative estimate of drug-likeness (QED) is 0.610. The van der Waals surface area contributed by atoms with Gasteiger partial charge in [-0.05, 0) is 36.9 Å². The first kappa shape index (κ1) is 15.3. The lowest BCUT2D eigenvalue weighted by molar-refractivity contribution is -0.0106. The van der Waals surface area contributed by atoms with Gasteiger partial charge in [0.2, 0.25) is 0 Å². The van der Waals surface area contributed by atoms with Crippen LogP contribution in [-0.4, -0.2) is 25.6 Å². The molecule has 0 aliphatic heterocycles. The number of aliphatic hydroxyl groups is 1. The summed E-state index contributed by atoms with van der Waals surface area (Å²) >= 11 is 0. The van der Waals surface area contributed by atoms with Gasteiger partial charge in [-0.2, -0.15) is 0 Å². The average Bonchev–Trinajstić information content (AvgIpc) is 2.65. The molecule has 1 N–H and O–H groups in total. The Morgan fingerprint density at radius 1 is 1.26 bits per heavy atom. The van der Waals surface area contributed by atoms with Crippen molar-refractivity contribution in [3.8, 4) is 0 Å². The summed E-state index contributed by atoms with van der Waals surface area (Å²) in [5, 5.41) is 10.5. The van der Waals surface area contributed by atoms with Gasteiger partial charge in [-0.15, -0.1) is 0 Å². The molecule has 0 radical (unpaired) electrons. The second-order valence-corrected chi connectivity index (χ2v) is 12.9. The molecule has 0 unspecified atom stereocenters. The van der Waals surface area contributed by atoms with Crippen LogP contribution < -0.4 is 0 Å². The molecule has 0 aromatic rings. The maximum absolute atomic E-state index is 10.3. The van der Waals surface area contributed by atoms with Crippen LogP contribution in [0.5, 0.6) is 0 Å². The zero-order valence-corrected chi connectivity index (χ0v) is 14.4. The standard InChI is InChI=1S/C16H30O2Si/c1-15(2,3)19(5,6)18-13-9-10-14(17)16(4)11-7-8-12(13)16/h9-10,12-14,17H,7-8,11H2,1-6H3/t12-,13-,14-,16+/m0/s1. The number of hydrogen-bond donors (Lipinski definition) is 1. The predicted molar refractivity (Wildman–Crippen MR) is 82.7 cm³/mol.